The Morgan fingerprint density at radius 1 is 1.69 bits per heavy atom. The Labute approximate surface area is 83.7 Å². The Balaban J connectivity index is 2.54. The van der Waals surface area contributed by atoms with Crippen LogP contribution in [-0.4, -0.2) is 20.9 Å². The fourth-order valence-corrected chi connectivity index (χ4v) is 2.00. The molecule has 1 aliphatic rings. The van der Waals surface area contributed by atoms with Crippen molar-refractivity contribution in [3.63, 3.8) is 0 Å². The first-order valence-corrected chi connectivity index (χ1v) is 4.86. The number of rotatable bonds is 2. The van der Waals surface area contributed by atoms with Crippen LogP contribution in [0.5, 0.6) is 0 Å². The minimum atomic E-state index is -0.941. The van der Waals surface area contributed by atoms with Crippen LogP contribution in [0, 0.1) is 0 Å². The number of carboxylic acids is 1. The van der Waals surface area contributed by atoms with Crippen molar-refractivity contribution in [2.45, 2.75) is 18.8 Å². The Hall–Kier alpha value is -0.840. The van der Waals surface area contributed by atoms with Crippen LogP contribution in [0.3, 0.4) is 0 Å². The number of hydrogen-bond donors (Lipinski definition) is 1. The number of aryl methyl sites for hydroxylation is 1. The van der Waals surface area contributed by atoms with Crippen LogP contribution in [0.15, 0.2) is 4.60 Å². The van der Waals surface area contributed by atoms with E-state index in [0.717, 1.165) is 23.0 Å². The monoisotopic (exact) mass is 244 g/mol. The van der Waals surface area contributed by atoms with Gasteiger partial charge in [-0.25, -0.2) is 4.79 Å². The summed E-state index contributed by atoms with van der Waals surface area (Å²) in [5.41, 5.74) is 1.05. The van der Waals surface area contributed by atoms with Gasteiger partial charge in [-0.1, -0.05) is 0 Å². The minimum Gasteiger partial charge on any atom is -0.476 e. The fraction of sp³-hybridized carbons (Fsp3) is 0.500. The largest absolute Gasteiger partial charge is 0.476 e. The van der Waals surface area contributed by atoms with Crippen LogP contribution in [-0.2, 0) is 7.05 Å². The summed E-state index contributed by atoms with van der Waals surface area (Å²) in [5.74, 6) is -0.544. The molecule has 0 aromatic carbocycles. The van der Waals surface area contributed by atoms with E-state index in [2.05, 4.69) is 21.0 Å². The number of carboxylic acid groups (broad SMARTS) is 1. The number of aromatic nitrogens is 2. The smallest absolute Gasteiger partial charge is 0.356 e. The van der Waals surface area contributed by atoms with Gasteiger partial charge in [-0.3, -0.25) is 4.68 Å². The number of nitrogens with zero attached hydrogens (tertiary/aromatic N) is 2. The second-order valence-electron chi connectivity index (χ2n) is 3.26. The quantitative estimate of drug-likeness (QED) is 0.863. The first kappa shape index (κ1) is 8.74. The van der Waals surface area contributed by atoms with E-state index < -0.39 is 5.97 Å². The van der Waals surface area contributed by atoms with Gasteiger partial charge in [0.1, 0.15) is 4.60 Å². The highest BCUT2D eigenvalue weighted by Gasteiger charge is 2.33. The molecule has 1 N–H and O–H groups in total. The lowest BCUT2D eigenvalue weighted by Gasteiger charge is -1.95. The van der Waals surface area contributed by atoms with Gasteiger partial charge in [0, 0.05) is 12.6 Å². The van der Waals surface area contributed by atoms with Crippen LogP contribution < -0.4 is 0 Å². The van der Waals surface area contributed by atoms with Gasteiger partial charge in [-0.2, -0.15) is 5.10 Å². The molecular formula is C8H9BrN2O2. The molecule has 0 bridgehead atoms. The van der Waals surface area contributed by atoms with E-state index >= 15 is 0 Å². The van der Waals surface area contributed by atoms with Gasteiger partial charge < -0.3 is 5.11 Å². The molecule has 4 nitrogen and oxygen atoms in total. The molecule has 0 aliphatic heterocycles. The predicted octanol–water partition coefficient (Wildman–Crippen LogP) is 1.76. The molecule has 0 spiro atoms. The summed E-state index contributed by atoms with van der Waals surface area (Å²) in [6.45, 7) is 0. The molecule has 1 saturated carbocycles. The molecule has 0 saturated heterocycles. The van der Waals surface area contributed by atoms with Gasteiger partial charge in [-0.15, -0.1) is 0 Å². The molecule has 0 radical (unpaired) electrons. The van der Waals surface area contributed by atoms with E-state index in [1.54, 1.807) is 11.7 Å². The molecular weight excluding hydrogens is 236 g/mol. The lowest BCUT2D eigenvalue weighted by Crippen LogP contribution is -2.01. The van der Waals surface area contributed by atoms with Gasteiger partial charge in [0.25, 0.3) is 0 Å². The number of hydrogen-bond acceptors (Lipinski definition) is 2. The number of aromatic carboxylic acids is 1. The van der Waals surface area contributed by atoms with E-state index in [9.17, 15) is 4.79 Å². The van der Waals surface area contributed by atoms with Crippen molar-refractivity contribution in [2.24, 2.45) is 7.05 Å². The molecule has 0 unspecified atom stereocenters. The highest BCUT2D eigenvalue weighted by Crippen LogP contribution is 2.44. The van der Waals surface area contributed by atoms with Gasteiger partial charge in [-0.05, 0) is 34.7 Å². The highest BCUT2D eigenvalue weighted by molar-refractivity contribution is 9.10. The van der Waals surface area contributed by atoms with Crippen LogP contribution in [0.25, 0.3) is 0 Å². The molecule has 1 aromatic rings. The lowest BCUT2D eigenvalue weighted by molar-refractivity contribution is 0.0688. The van der Waals surface area contributed by atoms with Gasteiger partial charge in [0.2, 0.25) is 0 Å². The summed E-state index contributed by atoms with van der Waals surface area (Å²) in [6.07, 6.45) is 2.15. The summed E-state index contributed by atoms with van der Waals surface area (Å²) in [6, 6.07) is 0. The molecule has 1 fully saturated rings. The molecule has 1 aliphatic carbocycles. The zero-order chi connectivity index (χ0) is 9.59. The fourth-order valence-electron chi connectivity index (χ4n) is 1.41. The molecule has 0 amide bonds. The summed E-state index contributed by atoms with van der Waals surface area (Å²) in [5, 5.41) is 12.8. The maximum atomic E-state index is 10.8. The van der Waals surface area contributed by atoms with Crippen molar-refractivity contribution in [2.75, 3.05) is 0 Å². The van der Waals surface area contributed by atoms with E-state index in [1.807, 2.05) is 0 Å². The van der Waals surface area contributed by atoms with Crippen molar-refractivity contribution in [1.29, 1.82) is 0 Å². The van der Waals surface area contributed by atoms with Crippen molar-refractivity contribution in [1.82, 2.24) is 9.78 Å². The predicted molar refractivity (Wildman–Crippen MR) is 49.8 cm³/mol. The van der Waals surface area contributed by atoms with Crippen molar-refractivity contribution < 1.29 is 9.90 Å². The average molecular weight is 245 g/mol. The topological polar surface area (TPSA) is 55.1 Å². The third kappa shape index (κ3) is 1.37. The average Bonchev–Trinajstić information content (AvgIpc) is 2.82. The van der Waals surface area contributed by atoms with Crippen LogP contribution in [0.2, 0.25) is 0 Å². The molecule has 5 heteroatoms. The minimum absolute atomic E-state index is 0.192. The summed E-state index contributed by atoms with van der Waals surface area (Å²) < 4.78 is 2.37. The van der Waals surface area contributed by atoms with Gasteiger partial charge in [0.05, 0.1) is 0 Å². The molecule has 1 heterocycles. The van der Waals surface area contributed by atoms with Crippen LogP contribution in [0.4, 0.5) is 0 Å². The maximum absolute atomic E-state index is 10.8. The van der Waals surface area contributed by atoms with Gasteiger partial charge in [0.15, 0.2) is 5.69 Å². The van der Waals surface area contributed by atoms with Gasteiger partial charge >= 0.3 is 5.97 Å². The summed E-state index contributed by atoms with van der Waals surface area (Å²) in [7, 11) is 1.74. The second kappa shape index (κ2) is 2.83. The van der Waals surface area contributed by atoms with E-state index in [0.29, 0.717) is 5.92 Å². The second-order valence-corrected chi connectivity index (χ2v) is 4.01. The number of carbonyl (C=O) groups is 1. The van der Waals surface area contributed by atoms with Crippen LogP contribution >= 0.6 is 15.9 Å². The van der Waals surface area contributed by atoms with E-state index in [1.165, 1.54) is 0 Å². The van der Waals surface area contributed by atoms with Crippen molar-refractivity contribution in [3.05, 3.63) is 15.9 Å². The molecule has 0 atom stereocenters. The lowest BCUT2D eigenvalue weighted by atomic mass is 10.1. The van der Waals surface area contributed by atoms with Crippen LogP contribution in [0.1, 0.15) is 34.8 Å². The van der Waals surface area contributed by atoms with Crippen molar-refractivity contribution >= 4 is 21.9 Å². The standard InChI is InChI=1S/C8H9BrN2O2/c1-11-7(9)5(4-2-3-4)6(10-11)8(12)13/h4H,2-3H2,1H3,(H,12,13). The Kier molecular flexibility index (Phi) is 1.91. The highest BCUT2D eigenvalue weighted by atomic mass is 79.9. The molecule has 13 heavy (non-hydrogen) atoms. The van der Waals surface area contributed by atoms with E-state index in [-0.39, 0.29) is 5.69 Å². The normalized spacial score (nSPS) is 16.2. The maximum Gasteiger partial charge on any atom is 0.356 e. The Morgan fingerprint density at radius 3 is 2.77 bits per heavy atom. The molecule has 2 rings (SSSR count). The SMILES string of the molecule is Cn1nc(C(=O)O)c(C2CC2)c1Br. The zero-order valence-electron chi connectivity index (χ0n) is 7.12. The number of halogens is 1. The zero-order valence-corrected chi connectivity index (χ0v) is 8.71. The van der Waals surface area contributed by atoms with Crippen molar-refractivity contribution in [3.8, 4) is 0 Å². The molecule has 1 aromatic heterocycles. The first-order chi connectivity index (χ1) is 6.11. The third-order valence-electron chi connectivity index (χ3n) is 2.20. The first-order valence-electron chi connectivity index (χ1n) is 4.07. The van der Waals surface area contributed by atoms with E-state index in [4.69, 9.17) is 5.11 Å². The summed E-state index contributed by atoms with van der Waals surface area (Å²) >= 11 is 3.35. The summed E-state index contributed by atoms with van der Waals surface area (Å²) in [4.78, 5) is 10.8. The Morgan fingerprint density at radius 2 is 2.31 bits per heavy atom. The Bertz CT molecular complexity index is 368. The molecule has 70 valence electrons. The third-order valence-corrected chi connectivity index (χ3v) is 3.14.